The molecule has 1 atom stereocenters. The van der Waals surface area contributed by atoms with E-state index in [9.17, 15) is 18.0 Å². The van der Waals surface area contributed by atoms with Gasteiger partial charge in [-0.05, 0) is 61.2 Å². The normalized spacial score (nSPS) is 12.2. The number of nitrogens with zero attached hydrogens (tertiary/aromatic N) is 2. The molecule has 0 aromatic heterocycles. The molecule has 220 valence electrons. The lowest BCUT2D eigenvalue weighted by Gasteiger charge is -2.33. The first kappa shape index (κ1) is 32.4. The van der Waals surface area contributed by atoms with Crippen LogP contribution in [0.5, 0.6) is 0 Å². The zero-order valence-electron chi connectivity index (χ0n) is 23.4. The summed E-state index contributed by atoms with van der Waals surface area (Å²) in [5, 5.41) is 3.53. The topological polar surface area (TPSA) is 86.8 Å². The third kappa shape index (κ3) is 8.21. The molecule has 3 aromatic carbocycles. The van der Waals surface area contributed by atoms with Crippen LogP contribution in [0.3, 0.4) is 0 Å². The van der Waals surface area contributed by atoms with Crippen molar-refractivity contribution in [3.05, 3.63) is 93.7 Å². The number of hydrogen-bond donors (Lipinski definition) is 1. The number of carbonyl (C=O) groups is 2. The van der Waals surface area contributed by atoms with Crippen LogP contribution < -0.4 is 9.62 Å². The molecule has 7 nitrogen and oxygen atoms in total. The predicted molar refractivity (Wildman–Crippen MR) is 161 cm³/mol. The van der Waals surface area contributed by atoms with Crippen molar-refractivity contribution >= 4 is 50.7 Å². The highest BCUT2D eigenvalue weighted by atomic mass is 35.5. The lowest BCUT2D eigenvalue weighted by molar-refractivity contribution is -0.140. The Hall–Kier alpha value is -3.14. The van der Waals surface area contributed by atoms with E-state index in [-0.39, 0.29) is 34.5 Å². The number of sulfonamides is 1. The Kier molecular flexibility index (Phi) is 11.2. The van der Waals surface area contributed by atoms with E-state index in [1.807, 2.05) is 20.8 Å². The van der Waals surface area contributed by atoms with E-state index in [2.05, 4.69) is 5.32 Å². The van der Waals surface area contributed by atoms with Gasteiger partial charge in [0.25, 0.3) is 10.0 Å². The lowest BCUT2D eigenvalue weighted by Crippen LogP contribution is -2.52. The highest BCUT2D eigenvalue weighted by molar-refractivity contribution is 7.92. The van der Waals surface area contributed by atoms with Gasteiger partial charge >= 0.3 is 0 Å². The summed E-state index contributed by atoms with van der Waals surface area (Å²) in [6, 6.07) is 15.2. The summed E-state index contributed by atoms with van der Waals surface area (Å²) >= 11 is 12.5. The van der Waals surface area contributed by atoms with Gasteiger partial charge in [0.1, 0.15) is 18.4 Å². The average molecular weight is 623 g/mol. The number of amides is 2. The van der Waals surface area contributed by atoms with Crippen molar-refractivity contribution in [2.45, 2.75) is 51.6 Å². The predicted octanol–water partition coefficient (Wildman–Crippen LogP) is 6.22. The summed E-state index contributed by atoms with van der Waals surface area (Å²) in [6.45, 7) is 6.99. The van der Waals surface area contributed by atoms with Crippen LogP contribution in [-0.4, -0.2) is 44.3 Å². The van der Waals surface area contributed by atoms with E-state index in [0.717, 1.165) is 15.9 Å². The van der Waals surface area contributed by atoms with Crippen molar-refractivity contribution in [2.75, 3.05) is 17.4 Å². The number of para-hydroxylation sites is 1. The minimum Gasteiger partial charge on any atom is -0.354 e. The second-order valence-corrected chi connectivity index (χ2v) is 12.8. The van der Waals surface area contributed by atoms with Crippen LogP contribution in [0.25, 0.3) is 0 Å². The van der Waals surface area contributed by atoms with Gasteiger partial charge in [0.2, 0.25) is 11.8 Å². The van der Waals surface area contributed by atoms with E-state index in [0.29, 0.717) is 17.1 Å². The van der Waals surface area contributed by atoms with Crippen LogP contribution in [0, 0.1) is 18.7 Å². The van der Waals surface area contributed by atoms with Gasteiger partial charge in [-0.2, -0.15) is 0 Å². The van der Waals surface area contributed by atoms with Crippen molar-refractivity contribution in [3.8, 4) is 0 Å². The number of nitrogens with one attached hydrogen (secondary N) is 1. The summed E-state index contributed by atoms with van der Waals surface area (Å²) < 4.78 is 43.4. The van der Waals surface area contributed by atoms with Crippen molar-refractivity contribution in [1.29, 1.82) is 0 Å². The highest BCUT2D eigenvalue weighted by Crippen LogP contribution is 2.28. The molecule has 41 heavy (non-hydrogen) atoms. The Morgan fingerprint density at radius 1 is 1.00 bits per heavy atom. The molecule has 0 spiro atoms. The van der Waals surface area contributed by atoms with Crippen molar-refractivity contribution < 1.29 is 22.4 Å². The number of anilines is 1. The molecule has 0 bridgehead atoms. The Balaban J connectivity index is 2.08. The fourth-order valence-electron chi connectivity index (χ4n) is 4.18. The van der Waals surface area contributed by atoms with Gasteiger partial charge in [-0.3, -0.25) is 13.9 Å². The number of rotatable bonds is 12. The van der Waals surface area contributed by atoms with Crippen LogP contribution in [-0.2, 0) is 26.2 Å². The molecular weight excluding hydrogens is 588 g/mol. The maximum Gasteiger partial charge on any atom is 0.264 e. The molecule has 0 aliphatic rings. The Morgan fingerprint density at radius 3 is 2.24 bits per heavy atom. The maximum atomic E-state index is 15.0. The van der Waals surface area contributed by atoms with E-state index < -0.39 is 40.2 Å². The quantitative estimate of drug-likeness (QED) is 0.260. The molecular formula is C30H34Cl2FN3O4S. The standard InChI is InChI=1S/C30H34Cl2FN3O4S/c1-5-27(30(38)34-17-20(2)3)35(18-22-12-13-23(31)16-25(22)32)29(37)19-36(28-9-7-6-8-26(28)33)41(39,40)24-14-10-21(4)11-15-24/h6-16,20,27H,5,17-19H2,1-4H3,(H,34,38)/t27-/m1/s1. The number of hydrogen-bond acceptors (Lipinski definition) is 4. The number of carbonyl (C=O) groups excluding carboxylic acids is 2. The monoisotopic (exact) mass is 621 g/mol. The highest BCUT2D eigenvalue weighted by Gasteiger charge is 2.34. The molecule has 3 aromatic rings. The van der Waals surface area contributed by atoms with E-state index >= 15 is 4.39 Å². The summed E-state index contributed by atoms with van der Waals surface area (Å²) in [5.74, 6) is -1.74. The summed E-state index contributed by atoms with van der Waals surface area (Å²) in [6.07, 6.45) is 0.241. The Morgan fingerprint density at radius 2 is 1.66 bits per heavy atom. The number of halogens is 3. The molecule has 0 fully saturated rings. The first-order chi connectivity index (χ1) is 19.3. The van der Waals surface area contributed by atoms with Crippen LogP contribution >= 0.6 is 23.2 Å². The SMILES string of the molecule is CC[C@H](C(=O)NCC(C)C)N(Cc1ccc(Cl)cc1Cl)C(=O)CN(c1ccccc1F)S(=O)(=O)c1ccc(C)cc1. The zero-order chi connectivity index (χ0) is 30.3. The third-order valence-corrected chi connectivity index (χ3v) is 8.80. The van der Waals surface area contributed by atoms with Gasteiger partial charge in [-0.1, -0.05) is 79.9 Å². The smallest absolute Gasteiger partial charge is 0.264 e. The molecule has 1 N–H and O–H groups in total. The fraction of sp³-hybridized carbons (Fsp3) is 0.333. The molecule has 0 unspecified atom stereocenters. The van der Waals surface area contributed by atoms with E-state index in [1.165, 1.54) is 41.3 Å². The maximum absolute atomic E-state index is 15.0. The molecule has 0 aliphatic heterocycles. The first-order valence-corrected chi connectivity index (χ1v) is 15.4. The minimum atomic E-state index is -4.38. The third-order valence-electron chi connectivity index (χ3n) is 6.44. The van der Waals surface area contributed by atoms with Gasteiger partial charge in [-0.15, -0.1) is 0 Å². The van der Waals surface area contributed by atoms with Gasteiger partial charge in [0.05, 0.1) is 10.6 Å². The molecule has 0 aliphatic carbocycles. The minimum absolute atomic E-state index is 0.0991. The summed E-state index contributed by atoms with van der Waals surface area (Å²) in [5.41, 5.74) is 1.06. The van der Waals surface area contributed by atoms with Crippen LogP contribution in [0.1, 0.15) is 38.3 Å². The average Bonchev–Trinajstić information content (AvgIpc) is 2.92. The van der Waals surface area contributed by atoms with E-state index in [4.69, 9.17) is 23.2 Å². The molecule has 3 rings (SSSR count). The second-order valence-electron chi connectivity index (χ2n) is 10.1. The summed E-state index contributed by atoms with van der Waals surface area (Å²) in [7, 11) is -4.38. The van der Waals surface area contributed by atoms with E-state index in [1.54, 1.807) is 31.2 Å². The molecule has 0 saturated heterocycles. The lowest BCUT2D eigenvalue weighted by atomic mass is 10.1. The van der Waals surface area contributed by atoms with Gasteiger partial charge in [0, 0.05) is 23.1 Å². The molecule has 11 heteroatoms. The molecule has 2 amide bonds. The molecule has 0 saturated carbocycles. The number of benzene rings is 3. The van der Waals surface area contributed by atoms with Crippen molar-refractivity contribution in [1.82, 2.24) is 10.2 Å². The molecule has 0 heterocycles. The van der Waals surface area contributed by atoms with Crippen LogP contribution in [0.2, 0.25) is 10.0 Å². The number of aryl methyl sites for hydroxylation is 1. The van der Waals surface area contributed by atoms with Crippen LogP contribution in [0.15, 0.2) is 71.6 Å². The Bertz CT molecular complexity index is 1480. The first-order valence-electron chi connectivity index (χ1n) is 13.2. The summed E-state index contributed by atoms with van der Waals surface area (Å²) in [4.78, 5) is 28.5. The van der Waals surface area contributed by atoms with Crippen LogP contribution in [0.4, 0.5) is 10.1 Å². The second kappa shape index (κ2) is 14.2. The van der Waals surface area contributed by atoms with Gasteiger partial charge < -0.3 is 10.2 Å². The fourth-order valence-corrected chi connectivity index (χ4v) is 6.07. The van der Waals surface area contributed by atoms with Crippen molar-refractivity contribution in [3.63, 3.8) is 0 Å². The molecule has 0 radical (unpaired) electrons. The Labute approximate surface area is 251 Å². The van der Waals surface area contributed by atoms with Gasteiger partial charge in [-0.25, -0.2) is 12.8 Å². The zero-order valence-corrected chi connectivity index (χ0v) is 25.7. The van der Waals surface area contributed by atoms with Gasteiger partial charge in [0.15, 0.2) is 0 Å². The van der Waals surface area contributed by atoms with Crippen molar-refractivity contribution in [2.24, 2.45) is 5.92 Å². The largest absolute Gasteiger partial charge is 0.354 e.